The van der Waals surface area contributed by atoms with E-state index >= 15 is 0 Å². The van der Waals surface area contributed by atoms with Gasteiger partial charge in [0.15, 0.2) is 0 Å². The lowest BCUT2D eigenvalue weighted by Gasteiger charge is -2.05. The molecule has 2 N–H and O–H groups in total. The number of hydrogen-bond acceptors (Lipinski definition) is 2. The van der Waals surface area contributed by atoms with Crippen LogP contribution in [0.1, 0.15) is 43.7 Å². The summed E-state index contributed by atoms with van der Waals surface area (Å²) in [6.07, 6.45) is 4.65. The second-order valence-electron chi connectivity index (χ2n) is 4.43. The largest absolute Gasteiger partial charge is 0.377 e. The zero-order chi connectivity index (χ0) is 13.9. The van der Waals surface area contributed by atoms with E-state index in [0.29, 0.717) is 24.3 Å². The van der Waals surface area contributed by atoms with Crippen molar-refractivity contribution in [2.24, 2.45) is 5.73 Å². The lowest BCUT2D eigenvalue weighted by atomic mass is 10.1. The van der Waals surface area contributed by atoms with Crippen molar-refractivity contribution in [1.29, 1.82) is 0 Å². The number of rotatable bonds is 7. The van der Waals surface area contributed by atoms with Crippen LogP contribution >= 0.6 is 0 Å². The molecule has 3 heteroatoms. The van der Waals surface area contributed by atoms with E-state index in [1.54, 1.807) is 12.1 Å². The molecule has 0 aliphatic rings. The molecule has 0 fully saturated rings. The summed E-state index contributed by atoms with van der Waals surface area (Å²) in [5.74, 6) is 5.24. The average Bonchev–Trinajstić information content (AvgIpc) is 2.42. The van der Waals surface area contributed by atoms with Gasteiger partial charge in [-0.15, -0.1) is 0 Å². The topological polar surface area (TPSA) is 35.2 Å². The van der Waals surface area contributed by atoms with Crippen LogP contribution in [0.3, 0.4) is 0 Å². The first-order valence-electron chi connectivity index (χ1n) is 6.83. The zero-order valence-corrected chi connectivity index (χ0v) is 11.5. The monoisotopic (exact) mass is 263 g/mol. The third kappa shape index (κ3) is 6.37. The standard InChI is InChI=1S/C16H22FNO/c1-2-3-4-5-11-19-13-15-9-8-14(7-6-10-18)12-16(15)17/h8-9,12H,2-5,10-11,13,18H2,1H3. The smallest absolute Gasteiger partial charge is 0.129 e. The number of hydrogen-bond donors (Lipinski definition) is 1. The summed E-state index contributed by atoms with van der Waals surface area (Å²) in [4.78, 5) is 0. The maximum Gasteiger partial charge on any atom is 0.129 e. The molecule has 1 aromatic carbocycles. The highest BCUT2D eigenvalue weighted by atomic mass is 19.1. The van der Waals surface area contributed by atoms with Crippen molar-refractivity contribution in [3.8, 4) is 11.8 Å². The Morgan fingerprint density at radius 3 is 2.79 bits per heavy atom. The Morgan fingerprint density at radius 2 is 2.11 bits per heavy atom. The maximum atomic E-state index is 13.7. The first-order valence-corrected chi connectivity index (χ1v) is 6.83. The van der Waals surface area contributed by atoms with Gasteiger partial charge in [-0.25, -0.2) is 4.39 Å². The van der Waals surface area contributed by atoms with Gasteiger partial charge in [-0.1, -0.05) is 44.1 Å². The highest BCUT2D eigenvalue weighted by Crippen LogP contribution is 2.11. The molecule has 104 valence electrons. The van der Waals surface area contributed by atoms with E-state index in [1.807, 2.05) is 0 Å². The third-order valence-electron chi connectivity index (χ3n) is 2.79. The molecule has 0 amide bonds. The molecular formula is C16H22FNO. The van der Waals surface area contributed by atoms with Gasteiger partial charge in [0, 0.05) is 17.7 Å². The molecule has 1 aromatic rings. The molecule has 0 heterocycles. The lowest BCUT2D eigenvalue weighted by molar-refractivity contribution is 0.114. The van der Waals surface area contributed by atoms with Crippen LogP contribution in [-0.2, 0) is 11.3 Å². The van der Waals surface area contributed by atoms with Crippen LogP contribution in [0.15, 0.2) is 18.2 Å². The third-order valence-corrected chi connectivity index (χ3v) is 2.79. The molecule has 2 nitrogen and oxygen atoms in total. The summed E-state index contributed by atoms with van der Waals surface area (Å²) in [6, 6.07) is 4.95. The van der Waals surface area contributed by atoms with Crippen LogP contribution in [0.5, 0.6) is 0 Å². The molecule has 0 atom stereocenters. The Hall–Kier alpha value is -1.37. The van der Waals surface area contributed by atoms with E-state index in [1.165, 1.54) is 25.3 Å². The van der Waals surface area contributed by atoms with Crippen LogP contribution in [0.25, 0.3) is 0 Å². The molecule has 0 saturated heterocycles. The molecule has 0 spiro atoms. The van der Waals surface area contributed by atoms with Gasteiger partial charge >= 0.3 is 0 Å². The fraction of sp³-hybridized carbons (Fsp3) is 0.500. The Morgan fingerprint density at radius 1 is 1.26 bits per heavy atom. The van der Waals surface area contributed by atoms with Gasteiger partial charge < -0.3 is 10.5 Å². The zero-order valence-electron chi connectivity index (χ0n) is 11.5. The Labute approximate surface area is 115 Å². The summed E-state index contributed by atoms with van der Waals surface area (Å²) >= 11 is 0. The quantitative estimate of drug-likeness (QED) is 0.605. The van der Waals surface area contributed by atoms with E-state index < -0.39 is 0 Å². The minimum absolute atomic E-state index is 0.266. The van der Waals surface area contributed by atoms with Gasteiger partial charge in [-0.3, -0.25) is 0 Å². The van der Waals surface area contributed by atoms with Crippen molar-refractivity contribution in [1.82, 2.24) is 0 Å². The SMILES string of the molecule is CCCCCCOCc1ccc(C#CCN)cc1F. The van der Waals surface area contributed by atoms with Crippen molar-refractivity contribution in [2.75, 3.05) is 13.2 Å². The van der Waals surface area contributed by atoms with Crippen molar-refractivity contribution in [3.63, 3.8) is 0 Å². The molecule has 0 bridgehead atoms. The Bertz CT molecular complexity index is 434. The lowest BCUT2D eigenvalue weighted by Crippen LogP contribution is -1.99. The number of unbranched alkanes of at least 4 members (excludes halogenated alkanes) is 3. The van der Waals surface area contributed by atoms with Gasteiger partial charge in [0.2, 0.25) is 0 Å². The van der Waals surface area contributed by atoms with Crippen molar-refractivity contribution in [2.45, 2.75) is 39.2 Å². The number of ether oxygens (including phenoxy) is 1. The van der Waals surface area contributed by atoms with E-state index in [2.05, 4.69) is 18.8 Å². The minimum atomic E-state index is -0.266. The average molecular weight is 263 g/mol. The van der Waals surface area contributed by atoms with Crippen LogP contribution < -0.4 is 5.73 Å². The van der Waals surface area contributed by atoms with E-state index in [-0.39, 0.29) is 12.4 Å². The summed E-state index contributed by atoms with van der Waals surface area (Å²) in [5, 5.41) is 0. The van der Waals surface area contributed by atoms with Crippen LogP contribution in [0.4, 0.5) is 4.39 Å². The highest BCUT2D eigenvalue weighted by molar-refractivity contribution is 5.37. The van der Waals surface area contributed by atoms with Crippen LogP contribution in [-0.4, -0.2) is 13.2 Å². The molecule has 0 aliphatic carbocycles. The molecule has 0 radical (unpaired) electrons. The molecular weight excluding hydrogens is 241 g/mol. The number of halogens is 1. The van der Waals surface area contributed by atoms with Crippen molar-refractivity contribution in [3.05, 3.63) is 35.1 Å². The van der Waals surface area contributed by atoms with Gasteiger partial charge in [0.1, 0.15) is 5.82 Å². The molecule has 19 heavy (non-hydrogen) atoms. The molecule has 0 aromatic heterocycles. The highest BCUT2D eigenvalue weighted by Gasteiger charge is 2.02. The van der Waals surface area contributed by atoms with E-state index in [4.69, 9.17) is 10.5 Å². The van der Waals surface area contributed by atoms with Gasteiger partial charge in [0.05, 0.1) is 13.2 Å². The van der Waals surface area contributed by atoms with Crippen molar-refractivity contribution >= 4 is 0 Å². The first kappa shape index (κ1) is 15.7. The maximum absolute atomic E-state index is 13.7. The number of benzene rings is 1. The van der Waals surface area contributed by atoms with Crippen molar-refractivity contribution < 1.29 is 9.13 Å². The Kier molecular flexibility index (Phi) is 7.88. The Balaban J connectivity index is 2.38. The second-order valence-corrected chi connectivity index (χ2v) is 4.43. The van der Waals surface area contributed by atoms with Crippen LogP contribution in [0, 0.1) is 17.7 Å². The normalized spacial score (nSPS) is 10.1. The van der Waals surface area contributed by atoms with Gasteiger partial charge in [-0.2, -0.15) is 0 Å². The summed E-state index contributed by atoms with van der Waals surface area (Å²) in [5.41, 5.74) is 6.50. The van der Waals surface area contributed by atoms with Gasteiger partial charge in [0.25, 0.3) is 0 Å². The molecule has 0 saturated carbocycles. The van der Waals surface area contributed by atoms with Gasteiger partial charge in [-0.05, 0) is 18.6 Å². The van der Waals surface area contributed by atoms with E-state index in [0.717, 1.165) is 6.42 Å². The fourth-order valence-electron chi connectivity index (χ4n) is 1.71. The second kappa shape index (κ2) is 9.55. The molecule has 0 aliphatic heterocycles. The predicted octanol–water partition coefficient (Wildman–Crippen LogP) is 3.23. The first-order chi connectivity index (χ1) is 9.27. The minimum Gasteiger partial charge on any atom is -0.377 e. The number of nitrogens with two attached hydrogens (primary N) is 1. The van der Waals surface area contributed by atoms with E-state index in [9.17, 15) is 4.39 Å². The summed E-state index contributed by atoms with van der Waals surface area (Å²) in [6.45, 7) is 3.46. The fourth-order valence-corrected chi connectivity index (χ4v) is 1.71. The predicted molar refractivity (Wildman–Crippen MR) is 76.1 cm³/mol. The summed E-state index contributed by atoms with van der Waals surface area (Å²) < 4.78 is 19.2. The molecule has 1 rings (SSSR count). The molecule has 0 unspecified atom stereocenters. The summed E-state index contributed by atoms with van der Waals surface area (Å²) in [7, 11) is 0. The van der Waals surface area contributed by atoms with Crippen LogP contribution in [0.2, 0.25) is 0 Å².